The van der Waals surface area contributed by atoms with E-state index in [0.29, 0.717) is 0 Å². The molecule has 0 unspecified atom stereocenters. The van der Waals surface area contributed by atoms with Crippen molar-refractivity contribution in [3.63, 3.8) is 0 Å². The van der Waals surface area contributed by atoms with Crippen molar-refractivity contribution in [1.29, 1.82) is 0 Å². The van der Waals surface area contributed by atoms with E-state index < -0.39 is 0 Å². The first kappa shape index (κ1) is 13.8. The van der Waals surface area contributed by atoms with Crippen LogP contribution < -0.4 is 15.3 Å². The van der Waals surface area contributed by atoms with Gasteiger partial charge in [0.15, 0.2) is 0 Å². The van der Waals surface area contributed by atoms with E-state index in [0.717, 1.165) is 17.0 Å². The molecule has 4 heteroatoms. The number of nitrogens with two attached hydrogens (primary N) is 1. The highest BCUT2D eigenvalue weighted by Gasteiger charge is 1.96. The second-order valence-electron chi connectivity index (χ2n) is 4.16. The number of nitrogen functional groups attached to an aromatic ring is 1. The van der Waals surface area contributed by atoms with Crippen LogP contribution >= 0.6 is 0 Å². The number of fused-ring (bicyclic) bond motifs is 1. The summed E-state index contributed by atoms with van der Waals surface area (Å²) in [6, 6.07) is 17.4. The number of aromatic nitrogens is 1. The Bertz CT molecular complexity index is 660. The maximum Gasteiger partial charge on any atom is 0.119 e. The molecule has 0 atom stereocenters. The van der Waals surface area contributed by atoms with Crippen LogP contribution in [0, 0.1) is 0 Å². The first-order valence-electron chi connectivity index (χ1n) is 6.24. The maximum atomic E-state index is 5.43. The van der Waals surface area contributed by atoms with E-state index in [1.54, 1.807) is 31.1 Å². The molecule has 104 valence electrons. The summed E-state index contributed by atoms with van der Waals surface area (Å²) in [6.45, 7) is 0. The van der Waals surface area contributed by atoms with Gasteiger partial charge in [0.2, 0.25) is 0 Å². The van der Waals surface area contributed by atoms with Gasteiger partial charge in [-0.25, -0.2) is 0 Å². The molecule has 0 saturated carbocycles. The van der Waals surface area contributed by atoms with Crippen molar-refractivity contribution in [3.8, 4) is 5.75 Å². The number of methoxy groups -OCH3 is 1. The van der Waals surface area contributed by atoms with Gasteiger partial charge in [0, 0.05) is 17.3 Å². The van der Waals surface area contributed by atoms with E-state index in [1.165, 1.54) is 5.39 Å². The summed E-state index contributed by atoms with van der Waals surface area (Å²) in [7, 11) is 3.29. The summed E-state index contributed by atoms with van der Waals surface area (Å²) >= 11 is 0. The Balaban J connectivity index is 0.000000151. The molecule has 0 aliphatic carbocycles. The molecule has 3 aromatic rings. The quantitative estimate of drug-likeness (QED) is 0.728. The third-order valence-corrected chi connectivity index (χ3v) is 2.88. The van der Waals surface area contributed by atoms with Crippen LogP contribution in [0.5, 0.6) is 5.75 Å². The van der Waals surface area contributed by atoms with Crippen LogP contribution in [0.3, 0.4) is 0 Å². The van der Waals surface area contributed by atoms with Crippen LogP contribution in [-0.4, -0.2) is 19.0 Å². The highest BCUT2D eigenvalue weighted by molar-refractivity contribution is 5.79. The zero-order valence-electron chi connectivity index (χ0n) is 11.6. The van der Waals surface area contributed by atoms with Crippen LogP contribution in [0.15, 0.2) is 60.8 Å². The molecule has 0 aliphatic rings. The van der Waals surface area contributed by atoms with Gasteiger partial charge in [-0.3, -0.25) is 0 Å². The summed E-state index contributed by atoms with van der Waals surface area (Å²) in [4.78, 5) is 5.08. The van der Waals surface area contributed by atoms with Crippen molar-refractivity contribution in [2.45, 2.75) is 0 Å². The van der Waals surface area contributed by atoms with Gasteiger partial charge in [0.1, 0.15) is 12.9 Å². The fraction of sp³-hybridized carbons (Fsp3) is 0.125. The molecule has 0 fully saturated rings. The van der Waals surface area contributed by atoms with Crippen LogP contribution in [0.4, 0.5) is 5.69 Å². The molecule has 1 aromatic heterocycles. The van der Waals surface area contributed by atoms with E-state index in [2.05, 4.69) is 6.07 Å². The van der Waals surface area contributed by atoms with E-state index in [-0.39, 0.29) is 0 Å². The van der Waals surface area contributed by atoms with E-state index in [9.17, 15) is 0 Å². The van der Waals surface area contributed by atoms with Crippen molar-refractivity contribution in [2.24, 2.45) is 0 Å². The van der Waals surface area contributed by atoms with Gasteiger partial charge >= 0.3 is 0 Å². The third-order valence-electron chi connectivity index (χ3n) is 2.88. The molecule has 0 aliphatic heterocycles. The first-order chi connectivity index (χ1) is 9.74. The lowest BCUT2D eigenvalue weighted by atomic mass is 10.3. The first-order valence-corrected chi connectivity index (χ1v) is 6.24. The predicted octanol–water partition coefficient (Wildman–Crippen LogP) is 2.98. The normalized spacial score (nSPS) is 9.70. The molecule has 4 nitrogen and oxygen atoms in total. The number of ether oxygens (including phenoxy) is 1. The Morgan fingerprint density at radius 3 is 2.25 bits per heavy atom. The topological polar surface area (TPSA) is 49.4 Å². The fourth-order valence-electron chi connectivity index (χ4n) is 1.82. The van der Waals surface area contributed by atoms with Gasteiger partial charge in [-0.05, 0) is 36.4 Å². The van der Waals surface area contributed by atoms with Crippen LogP contribution in [-0.2, 0) is 0 Å². The van der Waals surface area contributed by atoms with Crippen molar-refractivity contribution >= 4 is 16.6 Å². The van der Waals surface area contributed by atoms with Gasteiger partial charge in [-0.1, -0.05) is 18.2 Å². The second kappa shape index (κ2) is 6.52. The van der Waals surface area contributed by atoms with E-state index in [4.69, 9.17) is 15.3 Å². The summed E-state index contributed by atoms with van der Waals surface area (Å²) in [5, 5.41) is 1.20. The fourth-order valence-corrected chi connectivity index (χ4v) is 1.82. The number of benzene rings is 2. The van der Waals surface area contributed by atoms with E-state index >= 15 is 0 Å². The molecule has 0 radical (unpaired) electrons. The number of rotatable bonds is 2. The SMILES string of the molecule is COc1ccc(N)cc1.COn1ccc2ccccc21. The minimum atomic E-state index is 0.760. The lowest BCUT2D eigenvalue weighted by Crippen LogP contribution is -2.02. The van der Waals surface area contributed by atoms with E-state index in [1.807, 2.05) is 42.6 Å². The van der Waals surface area contributed by atoms with Crippen molar-refractivity contribution in [2.75, 3.05) is 20.0 Å². The van der Waals surface area contributed by atoms with Gasteiger partial charge < -0.3 is 15.3 Å². The Morgan fingerprint density at radius 1 is 0.900 bits per heavy atom. The second-order valence-corrected chi connectivity index (χ2v) is 4.16. The number of nitrogens with zero attached hydrogens (tertiary/aromatic N) is 1. The monoisotopic (exact) mass is 270 g/mol. The standard InChI is InChI=1S/C9H9NO.C7H9NO/c1-11-10-7-6-8-4-2-3-5-9(8)10;1-9-7-4-2-6(8)3-5-7/h2-7H,1H3;2-5H,8H2,1H3. The average molecular weight is 270 g/mol. The molecule has 3 rings (SSSR count). The van der Waals surface area contributed by atoms with Gasteiger partial charge in [-0.15, -0.1) is 0 Å². The van der Waals surface area contributed by atoms with Crippen molar-refractivity contribution in [3.05, 3.63) is 60.8 Å². The molecule has 0 saturated heterocycles. The highest BCUT2D eigenvalue weighted by Crippen LogP contribution is 2.13. The zero-order chi connectivity index (χ0) is 14.4. The molecule has 2 aromatic carbocycles. The number of hydrogen-bond donors (Lipinski definition) is 1. The Kier molecular flexibility index (Phi) is 4.50. The molecular formula is C16H18N2O2. The van der Waals surface area contributed by atoms with Crippen LogP contribution in [0.1, 0.15) is 0 Å². The summed E-state index contributed by atoms with van der Waals surface area (Å²) in [6.07, 6.45) is 1.91. The zero-order valence-corrected chi connectivity index (χ0v) is 11.6. The molecule has 2 N–H and O–H groups in total. The number of anilines is 1. The smallest absolute Gasteiger partial charge is 0.119 e. The van der Waals surface area contributed by atoms with Gasteiger partial charge in [0.05, 0.1) is 12.6 Å². The number of hydrogen-bond acceptors (Lipinski definition) is 3. The highest BCUT2D eigenvalue weighted by atomic mass is 16.6. The van der Waals surface area contributed by atoms with Crippen molar-refractivity contribution < 1.29 is 9.57 Å². The molecular weight excluding hydrogens is 252 g/mol. The predicted molar refractivity (Wildman–Crippen MR) is 81.8 cm³/mol. The molecule has 0 amide bonds. The molecule has 20 heavy (non-hydrogen) atoms. The Hall–Kier alpha value is -2.62. The lowest BCUT2D eigenvalue weighted by molar-refractivity contribution is 0.179. The van der Waals surface area contributed by atoms with Gasteiger partial charge in [0.25, 0.3) is 0 Å². The molecule has 0 spiro atoms. The summed E-state index contributed by atoms with van der Waals surface area (Å²) in [5.74, 6) is 0.837. The van der Waals surface area contributed by atoms with Crippen LogP contribution in [0.2, 0.25) is 0 Å². The number of para-hydroxylation sites is 1. The van der Waals surface area contributed by atoms with Gasteiger partial charge in [-0.2, -0.15) is 4.73 Å². The average Bonchev–Trinajstić information content (AvgIpc) is 2.92. The Labute approximate surface area is 118 Å². The van der Waals surface area contributed by atoms with Crippen molar-refractivity contribution in [1.82, 2.24) is 4.73 Å². The summed E-state index contributed by atoms with van der Waals surface area (Å²) < 4.78 is 6.66. The molecule has 0 bridgehead atoms. The minimum absolute atomic E-state index is 0.760. The van der Waals surface area contributed by atoms with Crippen LogP contribution in [0.25, 0.3) is 10.9 Å². The summed E-state index contributed by atoms with van der Waals surface area (Å²) in [5.41, 5.74) is 7.29. The Morgan fingerprint density at radius 2 is 1.60 bits per heavy atom. The minimum Gasteiger partial charge on any atom is -0.497 e. The third kappa shape index (κ3) is 3.23. The maximum absolute atomic E-state index is 5.43. The lowest BCUT2D eigenvalue weighted by Gasteiger charge is -2.00. The largest absolute Gasteiger partial charge is 0.497 e. The molecule has 1 heterocycles.